The van der Waals surface area contributed by atoms with E-state index in [0.29, 0.717) is 10.7 Å². The van der Waals surface area contributed by atoms with E-state index in [1.165, 1.54) is 6.20 Å². The van der Waals surface area contributed by atoms with Crippen LogP contribution in [0.3, 0.4) is 0 Å². The van der Waals surface area contributed by atoms with Gasteiger partial charge in [0.25, 0.3) is 5.91 Å². The fraction of sp³-hybridized carbons (Fsp3) is 0.250. The number of benzene rings is 1. The van der Waals surface area contributed by atoms with E-state index in [4.69, 9.17) is 16.3 Å². The van der Waals surface area contributed by atoms with Crippen molar-refractivity contribution in [3.05, 3.63) is 58.4 Å². The number of aromatic nitrogens is 1. The molecule has 21 heavy (non-hydrogen) atoms. The Kier molecular flexibility index (Phi) is 4.81. The molecule has 0 bridgehead atoms. The molecule has 0 aliphatic rings. The van der Waals surface area contributed by atoms with E-state index in [2.05, 4.69) is 10.3 Å². The van der Waals surface area contributed by atoms with Gasteiger partial charge in [-0.15, -0.1) is 0 Å². The van der Waals surface area contributed by atoms with Gasteiger partial charge in [-0.3, -0.25) is 4.79 Å². The van der Waals surface area contributed by atoms with Gasteiger partial charge in [0.15, 0.2) is 0 Å². The lowest BCUT2D eigenvalue weighted by Crippen LogP contribution is -2.27. The van der Waals surface area contributed by atoms with Gasteiger partial charge >= 0.3 is 0 Å². The van der Waals surface area contributed by atoms with Gasteiger partial charge in [0.1, 0.15) is 10.9 Å². The van der Waals surface area contributed by atoms with Crippen molar-refractivity contribution in [2.24, 2.45) is 0 Å². The first-order valence-electron chi connectivity index (χ1n) is 6.58. The van der Waals surface area contributed by atoms with Gasteiger partial charge in [0, 0.05) is 11.8 Å². The molecule has 0 fully saturated rings. The summed E-state index contributed by atoms with van der Waals surface area (Å²) in [6.07, 6.45) is 1.46. The molecule has 1 atom stereocenters. The summed E-state index contributed by atoms with van der Waals surface area (Å²) in [5.74, 6) is 0.554. The predicted octanol–water partition coefficient (Wildman–Crippen LogP) is 3.54. The van der Waals surface area contributed by atoms with Crippen molar-refractivity contribution in [3.63, 3.8) is 0 Å². The Morgan fingerprint density at radius 2 is 2.10 bits per heavy atom. The summed E-state index contributed by atoms with van der Waals surface area (Å²) < 4.78 is 5.34. The molecule has 0 aliphatic carbocycles. The SMILES string of the molecule is COc1ccc(C)cc1C(C)NC(=O)c1ccc(Cl)nc1. The highest BCUT2D eigenvalue weighted by molar-refractivity contribution is 6.29. The number of hydrogen-bond donors (Lipinski definition) is 1. The maximum atomic E-state index is 12.2. The van der Waals surface area contributed by atoms with Gasteiger partial charge in [0.05, 0.1) is 18.7 Å². The minimum absolute atomic E-state index is 0.178. The Morgan fingerprint density at radius 3 is 2.71 bits per heavy atom. The van der Waals surface area contributed by atoms with E-state index in [1.54, 1.807) is 19.2 Å². The van der Waals surface area contributed by atoms with Crippen LogP contribution in [0.1, 0.15) is 34.5 Å². The van der Waals surface area contributed by atoms with Crippen LogP contribution in [0, 0.1) is 6.92 Å². The summed E-state index contributed by atoms with van der Waals surface area (Å²) in [5, 5.41) is 3.29. The number of hydrogen-bond acceptors (Lipinski definition) is 3. The number of halogens is 1. The predicted molar refractivity (Wildman–Crippen MR) is 82.9 cm³/mol. The topological polar surface area (TPSA) is 51.2 Å². The van der Waals surface area contributed by atoms with Crippen LogP contribution in [-0.2, 0) is 0 Å². The number of carbonyl (C=O) groups is 1. The monoisotopic (exact) mass is 304 g/mol. The van der Waals surface area contributed by atoms with Crippen molar-refractivity contribution >= 4 is 17.5 Å². The second kappa shape index (κ2) is 6.59. The van der Waals surface area contributed by atoms with Gasteiger partial charge in [-0.2, -0.15) is 0 Å². The van der Waals surface area contributed by atoms with Gasteiger partial charge in [0.2, 0.25) is 0 Å². The minimum Gasteiger partial charge on any atom is -0.496 e. The normalized spacial score (nSPS) is 11.8. The molecule has 1 aromatic heterocycles. The molecule has 1 heterocycles. The third-order valence-electron chi connectivity index (χ3n) is 3.19. The Bertz CT molecular complexity index is 641. The van der Waals surface area contributed by atoms with Crippen LogP contribution in [0.5, 0.6) is 5.75 Å². The molecule has 0 saturated carbocycles. The summed E-state index contributed by atoms with van der Waals surface area (Å²) in [6, 6.07) is 8.93. The highest BCUT2D eigenvalue weighted by Crippen LogP contribution is 2.26. The molecule has 0 radical (unpaired) electrons. The number of amides is 1. The summed E-state index contributed by atoms with van der Waals surface area (Å²) in [7, 11) is 1.62. The summed E-state index contributed by atoms with van der Waals surface area (Å²) >= 11 is 5.72. The fourth-order valence-electron chi connectivity index (χ4n) is 2.06. The average molecular weight is 305 g/mol. The molecule has 2 rings (SSSR count). The second-order valence-electron chi connectivity index (χ2n) is 4.81. The molecule has 4 nitrogen and oxygen atoms in total. The summed E-state index contributed by atoms with van der Waals surface area (Å²) in [4.78, 5) is 16.1. The summed E-state index contributed by atoms with van der Waals surface area (Å²) in [6.45, 7) is 3.92. The van der Waals surface area contributed by atoms with Crippen LogP contribution in [0.4, 0.5) is 0 Å². The van der Waals surface area contributed by atoms with Crippen molar-refractivity contribution < 1.29 is 9.53 Å². The number of rotatable bonds is 4. The number of nitrogens with one attached hydrogen (secondary N) is 1. The number of pyridine rings is 1. The molecule has 1 unspecified atom stereocenters. The van der Waals surface area contributed by atoms with E-state index in [0.717, 1.165) is 16.9 Å². The Labute approximate surface area is 129 Å². The second-order valence-corrected chi connectivity index (χ2v) is 5.20. The third-order valence-corrected chi connectivity index (χ3v) is 3.41. The minimum atomic E-state index is -0.199. The fourth-order valence-corrected chi connectivity index (χ4v) is 2.17. The zero-order valence-electron chi connectivity index (χ0n) is 12.2. The first-order chi connectivity index (χ1) is 10.0. The zero-order chi connectivity index (χ0) is 15.4. The van der Waals surface area contributed by atoms with Crippen LogP contribution in [0.15, 0.2) is 36.5 Å². The molecule has 1 aromatic carbocycles. The lowest BCUT2D eigenvalue weighted by molar-refractivity contribution is 0.0939. The third kappa shape index (κ3) is 3.73. The van der Waals surface area contributed by atoms with Crippen LogP contribution in [0.2, 0.25) is 5.15 Å². The van der Waals surface area contributed by atoms with Crippen molar-refractivity contribution in [2.75, 3.05) is 7.11 Å². The van der Waals surface area contributed by atoms with Gasteiger partial charge < -0.3 is 10.1 Å². The first-order valence-corrected chi connectivity index (χ1v) is 6.96. The molecule has 5 heteroatoms. The van der Waals surface area contributed by atoms with Crippen LogP contribution >= 0.6 is 11.6 Å². The number of ether oxygens (including phenoxy) is 1. The smallest absolute Gasteiger partial charge is 0.253 e. The van der Waals surface area contributed by atoms with Crippen LogP contribution in [0.25, 0.3) is 0 Å². The lowest BCUT2D eigenvalue weighted by atomic mass is 10.0. The molecular weight excluding hydrogens is 288 g/mol. The number of nitrogens with zero attached hydrogens (tertiary/aromatic N) is 1. The van der Waals surface area contributed by atoms with Crippen molar-refractivity contribution in [3.8, 4) is 5.75 Å². The van der Waals surface area contributed by atoms with Crippen LogP contribution in [-0.4, -0.2) is 18.0 Å². The molecule has 1 N–H and O–H groups in total. The highest BCUT2D eigenvalue weighted by Gasteiger charge is 2.15. The van der Waals surface area contributed by atoms with Crippen molar-refractivity contribution in [1.82, 2.24) is 10.3 Å². The number of carbonyl (C=O) groups excluding carboxylic acids is 1. The van der Waals surface area contributed by atoms with Crippen LogP contribution < -0.4 is 10.1 Å². The van der Waals surface area contributed by atoms with E-state index >= 15 is 0 Å². The lowest BCUT2D eigenvalue weighted by Gasteiger charge is -2.18. The average Bonchev–Trinajstić information content (AvgIpc) is 2.47. The first kappa shape index (κ1) is 15.3. The molecule has 0 saturated heterocycles. The molecule has 0 aliphatic heterocycles. The molecular formula is C16H17ClN2O2. The maximum Gasteiger partial charge on any atom is 0.253 e. The van der Waals surface area contributed by atoms with Gasteiger partial charge in [-0.1, -0.05) is 29.3 Å². The zero-order valence-corrected chi connectivity index (χ0v) is 12.9. The quantitative estimate of drug-likeness (QED) is 0.879. The largest absolute Gasteiger partial charge is 0.496 e. The Morgan fingerprint density at radius 1 is 1.33 bits per heavy atom. The molecule has 2 aromatic rings. The molecule has 1 amide bonds. The standard InChI is InChI=1S/C16H17ClN2O2/c1-10-4-6-14(21-3)13(8-10)11(2)19-16(20)12-5-7-15(17)18-9-12/h4-9,11H,1-3H3,(H,19,20). The van der Waals surface area contributed by atoms with E-state index in [1.807, 2.05) is 32.0 Å². The van der Waals surface area contributed by atoms with Gasteiger partial charge in [-0.05, 0) is 32.0 Å². The maximum absolute atomic E-state index is 12.2. The summed E-state index contributed by atoms with van der Waals surface area (Å²) in [5.41, 5.74) is 2.52. The van der Waals surface area contributed by atoms with E-state index < -0.39 is 0 Å². The van der Waals surface area contributed by atoms with Gasteiger partial charge in [-0.25, -0.2) is 4.98 Å². The van der Waals surface area contributed by atoms with E-state index in [9.17, 15) is 4.79 Å². The highest BCUT2D eigenvalue weighted by atomic mass is 35.5. The molecule has 0 spiro atoms. The number of methoxy groups -OCH3 is 1. The van der Waals surface area contributed by atoms with Crippen molar-refractivity contribution in [1.29, 1.82) is 0 Å². The Hall–Kier alpha value is -2.07. The molecule has 110 valence electrons. The number of aryl methyl sites for hydroxylation is 1. The van der Waals surface area contributed by atoms with Crippen molar-refractivity contribution in [2.45, 2.75) is 19.9 Å². The van der Waals surface area contributed by atoms with E-state index in [-0.39, 0.29) is 11.9 Å². The Balaban J connectivity index is 2.17.